The van der Waals surface area contributed by atoms with Gasteiger partial charge in [0.15, 0.2) is 0 Å². The first kappa shape index (κ1) is 20.7. The Hall–Kier alpha value is 0.670. The van der Waals surface area contributed by atoms with E-state index < -0.39 is 6.16 Å². The molecule has 20 heavy (non-hydrogen) atoms. The second kappa shape index (κ2) is 10.4. The maximum atomic E-state index is 11.3. The first-order chi connectivity index (χ1) is 9.10. The quantitative estimate of drug-likeness (QED) is 0.322. The van der Waals surface area contributed by atoms with Crippen molar-refractivity contribution in [1.29, 1.82) is 0 Å². The number of ether oxygens (including phenoxy) is 2. The molecular formula is C13H26O3S4. The Morgan fingerprint density at radius 1 is 0.800 bits per heavy atom. The summed E-state index contributed by atoms with van der Waals surface area (Å²) in [6.07, 6.45) is -0.562. The Bertz CT molecular complexity index is 246. The van der Waals surface area contributed by atoms with Gasteiger partial charge in [0, 0.05) is 21.0 Å². The normalized spacial score (nSPS) is 12.3. The van der Waals surface area contributed by atoms with Crippen molar-refractivity contribution in [2.45, 2.75) is 51.0 Å². The van der Waals surface area contributed by atoms with Gasteiger partial charge < -0.3 is 9.47 Å². The van der Waals surface area contributed by atoms with Crippen LogP contribution in [0.4, 0.5) is 4.79 Å². The molecule has 0 aromatic carbocycles. The van der Waals surface area contributed by atoms with Gasteiger partial charge in [-0.05, 0) is 0 Å². The Kier molecular flexibility index (Phi) is 10.8. The summed E-state index contributed by atoms with van der Waals surface area (Å²) in [5.41, 5.74) is 0. The van der Waals surface area contributed by atoms with E-state index in [2.05, 4.69) is 41.5 Å². The lowest BCUT2D eigenvalue weighted by Crippen LogP contribution is -2.12. The van der Waals surface area contributed by atoms with Gasteiger partial charge in [0.25, 0.3) is 0 Å². The highest BCUT2D eigenvalue weighted by atomic mass is 33.1. The van der Waals surface area contributed by atoms with E-state index in [4.69, 9.17) is 9.47 Å². The van der Waals surface area contributed by atoms with Crippen molar-refractivity contribution < 1.29 is 14.3 Å². The third-order valence-corrected chi connectivity index (χ3v) is 8.00. The second-order valence-electron chi connectivity index (χ2n) is 5.98. The zero-order valence-electron chi connectivity index (χ0n) is 13.2. The molecule has 0 bridgehead atoms. The predicted molar refractivity (Wildman–Crippen MR) is 96.9 cm³/mol. The van der Waals surface area contributed by atoms with Gasteiger partial charge in [-0.2, -0.15) is 0 Å². The molecule has 0 radical (unpaired) electrons. The van der Waals surface area contributed by atoms with E-state index in [1.165, 1.54) is 0 Å². The van der Waals surface area contributed by atoms with Gasteiger partial charge in [0.2, 0.25) is 0 Å². The Morgan fingerprint density at radius 2 is 1.15 bits per heavy atom. The van der Waals surface area contributed by atoms with E-state index in [9.17, 15) is 4.79 Å². The lowest BCUT2D eigenvalue weighted by molar-refractivity contribution is 0.0646. The first-order valence-electron chi connectivity index (χ1n) is 6.51. The molecule has 0 saturated carbocycles. The van der Waals surface area contributed by atoms with Gasteiger partial charge in [-0.1, -0.05) is 84.7 Å². The highest BCUT2D eigenvalue weighted by Gasteiger charge is 2.12. The fraction of sp³-hybridized carbons (Fsp3) is 0.923. The van der Waals surface area contributed by atoms with E-state index in [0.29, 0.717) is 13.2 Å². The van der Waals surface area contributed by atoms with E-state index in [1.807, 2.05) is 0 Å². The van der Waals surface area contributed by atoms with Crippen molar-refractivity contribution in [3.8, 4) is 0 Å². The minimum absolute atomic E-state index is 0.229. The van der Waals surface area contributed by atoms with Crippen molar-refractivity contribution >= 4 is 49.3 Å². The molecule has 7 heteroatoms. The first-order valence-corrected chi connectivity index (χ1v) is 11.1. The molecule has 0 atom stereocenters. The molecular weight excluding hydrogens is 332 g/mol. The highest BCUT2D eigenvalue weighted by molar-refractivity contribution is 8.77. The number of carbonyl (C=O) groups is 1. The summed E-state index contributed by atoms with van der Waals surface area (Å²) < 4.78 is 10.4. The van der Waals surface area contributed by atoms with E-state index in [-0.39, 0.29) is 9.49 Å². The summed E-state index contributed by atoms with van der Waals surface area (Å²) in [7, 11) is 7.01. The molecule has 0 aromatic rings. The lowest BCUT2D eigenvalue weighted by Gasteiger charge is -2.16. The predicted octanol–water partition coefficient (Wildman–Crippen LogP) is 5.50. The summed E-state index contributed by atoms with van der Waals surface area (Å²) >= 11 is 0. The molecule has 0 N–H and O–H groups in total. The van der Waals surface area contributed by atoms with Gasteiger partial charge >= 0.3 is 6.16 Å². The summed E-state index contributed by atoms with van der Waals surface area (Å²) in [5, 5.41) is 0. The average Bonchev–Trinajstić information content (AvgIpc) is 2.25. The zero-order valence-corrected chi connectivity index (χ0v) is 16.5. The zero-order chi connectivity index (χ0) is 15.6. The molecule has 0 aliphatic rings. The van der Waals surface area contributed by atoms with Gasteiger partial charge in [0.05, 0.1) is 0 Å². The fourth-order valence-electron chi connectivity index (χ4n) is 0.797. The van der Waals surface area contributed by atoms with Crippen LogP contribution in [0.1, 0.15) is 41.5 Å². The number of hydrogen-bond acceptors (Lipinski definition) is 7. The van der Waals surface area contributed by atoms with Crippen LogP contribution in [0, 0.1) is 0 Å². The van der Waals surface area contributed by atoms with E-state index in [0.717, 1.165) is 11.5 Å². The van der Waals surface area contributed by atoms with Gasteiger partial charge in [-0.25, -0.2) is 4.79 Å². The molecule has 0 aromatic heterocycles. The van der Waals surface area contributed by atoms with Gasteiger partial charge in [-0.3, -0.25) is 0 Å². The van der Waals surface area contributed by atoms with Crippen LogP contribution in [0.5, 0.6) is 0 Å². The molecule has 3 nitrogen and oxygen atoms in total. The Morgan fingerprint density at radius 3 is 1.45 bits per heavy atom. The van der Waals surface area contributed by atoms with Crippen molar-refractivity contribution in [2.75, 3.05) is 24.7 Å². The summed E-state index contributed by atoms with van der Waals surface area (Å²) in [4.78, 5) is 11.3. The van der Waals surface area contributed by atoms with Crippen LogP contribution in [0.3, 0.4) is 0 Å². The van der Waals surface area contributed by atoms with Crippen LogP contribution in [0.25, 0.3) is 0 Å². The molecule has 120 valence electrons. The maximum Gasteiger partial charge on any atom is 0.508 e. The number of hydrogen-bond donors (Lipinski definition) is 0. The smallest absolute Gasteiger partial charge is 0.433 e. The van der Waals surface area contributed by atoms with Crippen molar-refractivity contribution in [1.82, 2.24) is 0 Å². The largest absolute Gasteiger partial charge is 0.508 e. The molecule has 0 aliphatic heterocycles. The van der Waals surface area contributed by atoms with Gasteiger partial charge in [-0.15, -0.1) is 0 Å². The third kappa shape index (κ3) is 16.7. The molecule has 0 amide bonds. The summed E-state index contributed by atoms with van der Waals surface area (Å²) in [6, 6.07) is 0. The Labute approximate surface area is 139 Å². The molecule has 0 fully saturated rings. The highest BCUT2D eigenvalue weighted by Crippen LogP contribution is 2.35. The second-order valence-corrected chi connectivity index (χ2v) is 12.5. The SMILES string of the molecule is CC(C)(C)SSCCOC(=O)OCCSSC(C)(C)C. The maximum absolute atomic E-state index is 11.3. The van der Waals surface area contributed by atoms with Crippen LogP contribution < -0.4 is 0 Å². The van der Waals surface area contributed by atoms with Crippen molar-refractivity contribution in [2.24, 2.45) is 0 Å². The topological polar surface area (TPSA) is 35.5 Å². The molecule has 0 saturated heterocycles. The minimum Gasteiger partial charge on any atom is -0.433 e. The van der Waals surface area contributed by atoms with Crippen LogP contribution >= 0.6 is 43.2 Å². The van der Waals surface area contributed by atoms with Gasteiger partial charge in [0.1, 0.15) is 13.2 Å². The molecule has 0 rings (SSSR count). The molecule has 0 aliphatic carbocycles. The van der Waals surface area contributed by atoms with E-state index >= 15 is 0 Å². The molecule has 0 unspecified atom stereocenters. The van der Waals surface area contributed by atoms with Crippen molar-refractivity contribution in [3.05, 3.63) is 0 Å². The molecule has 0 spiro atoms. The summed E-state index contributed by atoms with van der Waals surface area (Å²) in [6.45, 7) is 13.8. The summed E-state index contributed by atoms with van der Waals surface area (Å²) in [5.74, 6) is 1.57. The minimum atomic E-state index is -0.562. The average molecular weight is 359 g/mol. The molecule has 0 heterocycles. The number of rotatable bonds is 8. The Balaban J connectivity index is 3.38. The number of carbonyl (C=O) groups excluding carboxylic acids is 1. The lowest BCUT2D eigenvalue weighted by atomic mass is 10.3. The van der Waals surface area contributed by atoms with Crippen LogP contribution in [0.15, 0.2) is 0 Å². The standard InChI is InChI=1S/C13H26O3S4/c1-12(2,3)19-17-9-7-15-11(14)16-8-10-18-20-13(4,5)6/h7-10H2,1-6H3. The monoisotopic (exact) mass is 358 g/mol. The van der Waals surface area contributed by atoms with Crippen molar-refractivity contribution in [3.63, 3.8) is 0 Å². The fourth-order valence-corrected chi connectivity index (χ4v) is 5.00. The van der Waals surface area contributed by atoms with Crippen LogP contribution in [0.2, 0.25) is 0 Å². The van der Waals surface area contributed by atoms with Crippen LogP contribution in [-0.2, 0) is 9.47 Å². The van der Waals surface area contributed by atoms with E-state index in [1.54, 1.807) is 43.2 Å². The third-order valence-electron chi connectivity index (χ3n) is 1.39. The van der Waals surface area contributed by atoms with Crippen LogP contribution in [-0.4, -0.2) is 40.4 Å².